The molecule has 88 valence electrons. The van der Waals surface area contributed by atoms with Gasteiger partial charge in [-0.3, -0.25) is 0 Å². The van der Waals surface area contributed by atoms with E-state index in [4.69, 9.17) is 10.5 Å². The van der Waals surface area contributed by atoms with E-state index in [1.807, 2.05) is 14.1 Å². The molecule has 0 saturated heterocycles. The van der Waals surface area contributed by atoms with Gasteiger partial charge in [0, 0.05) is 14.1 Å². The molecule has 1 aromatic rings. The first-order valence-electron chi connectivity index (χ1n) is 5.50. The molecule has 0 atom stereocenters. The molecule has 1 aromatic heterocycles. The predicted octanol–water partition coefficient (Wildman–Crippen LogP) is 0.841. The third-order valence-electron chi connectivity index (χ3n) is 2.59. The summed E-state index contributed by atoms with van der Waals surface area (Å²) < 4.78 is 5.68. The molecule has 0 bridgehead atoms. The minimum absolute atomic E-state index is 0.201. The number of nitrogens with two attached hydrogens (primary N) is 1. The largest absolute Gasteiger partial charge is 0.460 e. The monoisotopic (exact) mass is 223 g/mol. The van der Waals surface area contributed by atoms with Gasteiger partial charge in [-0.05, 0) is 25.7 Å². The van der Waals surface area contributed by atoms with E-state index < -0.39 is 0 Å². The van der Waals surface area contributed by atoms with Crippen LogP contribution in [0.25, 0.3) is 0 Å². The van der Waals surface area contributed by atoms with Crippen LogP contribution in [0.2, 0.25) is 0 Å². The molecule has 16 heavy (non-hydrogen) atoms. The molecule has 0 unspecified atom stereocenters. The van der Waals surface area contributed by atoms with Crippen molar-refractivity contribution in [2.75, 3.05) is 24.7 Å². The fraction of sp³-hybridized carbons (Fsp3) is 0.700. The summed E-state index contributed by atoms with van der Waals surface area (Å²) in [4.78, 5) is 14.0. The minimum Gasteiger partial charge on any atom is -0.460 e. The summed E-state index contributed by atoms with van der Waals surface area (Å²) in [5, 5.41) is 0. The maximum absolute atomic E-state index is 5.68. The Kier molecular flexibility index (Phi) is 3.07. The third kappa shape index (κ3) is 2.50. The third-order valence-corrected chi connectivity index (χ3v) is 2.59. The number of rotatable bonds is 3. The van der Waals surface area contributed by atoms with Crippen LogP contribution in [0.4, 0.5) is 11.9 Å². The molecule has 1 heterocycles. The van der Waals surface area contributed by atoms with Crippen molar-refractivity contribution in [3.63, 3.8) is 0 Å². The summed E-state index contributed by atoms with van der Waals surface area (Å²) in [5.74, 6) is 0.729. The van der Waals surface area contributed by atoms with Crippen LogP contribution in [0.5, 0.6) is 6.01 Å². The fourth-order valence-electron chi connectivity index (χ4n) is 1.77. The van der Waals surface area contributed by atoms with E-state index in [1.54, 1.807) is 4.90 Å². The Hall–Kier alpha value is -1.59. The molecule has 1 saturated carbocycles. The maximum Gasteiger partial charge on any atom is 0.323 e. The molecular formula is C10H17N5O. The minimum atomic E-state index is 0.201. The summed E-state index contributed by atoms with van der Waals surface area (Å²) in [6, 6.07) is 0.336. The highest BCUT2D eigenvalue weighted by Gasteiger charge is 2.18. The van der Waals surface area contributed by atoms with Crippen molar-refractivity contribution >= 4 is 11.9 Å². The Labute approximate surface area is 94.9 Å². The highest BCUT2D eigenvalue weighted by Crippen LogP contribution is 2.22. The number of hydrogen-bond acceptors (Lipinski definition) is 6. The van der Waals surface area contributed by atoms with E-state index >= 15 is 0 Å². The van der Waals surface area contributed by atoms with Crippen LogP contribution in [-0.2, 0) is 0 Å². The normalized spacial score (nSPS) is 16.4. The molecule has 1 aliphatic rings. The second-order valence-corrected chi connectivity index (χ2v) is 4.19. The highest BCUT2D eigenvalue weighted by molar-refractivity contribution is 5.33. The summed E-state index contributed by atoms with van der Waals surface area (Å²) in [6.45, 7) is 0. The second-order valence-electron chi connectivity index (χ2n) is 4.19. The molecular weight excluding hydrogens is 206 g/mol. The van der Waals surface area contributed by atoms with Gasteiger partial charge in [0.2, 0.25) is 11.9 Å². The van der Waals surface area contributed by atoms with Crippen molar-refractivity contribution in [1.82, 2.24) is 15.0 Å². The highest BCUT2D eigenvalue weighted by atomic mass is 16.5. The number of hydrogen-bond donors (Lipinski definition) is 1. The summed E-state index contributed by atoms with van der Waals surface area (Å²) >= 11 is 0. The van der Waals surface area contributed by atoms with E-state index in [0.717, 1.165) is 12.8 Å². The van der Waals surface area contributed by atoms with E-state index in [-0.39, 0.29) is 12.1 Å². The van der Waals surface area contributed by atoms with Crippen molar-refractivity contribution in [2.45, 2.75) is 31.8 Å². The topological polar surface area (TPSA) is 77.2 Å². The standard InChI is InChI=1S/C10H17N5O/c1-15(2)9-12-8(11)13-10(14-9)16-7-5-3-4-6-7/h7H,3-6H2,1-2H3,(H2,11,12,13,14). The zero-order valence-corrected chi connectivity index (χ0v) is 9.68. The van der Waals surface area contributed by atoms with Crippen molar-refractivity contribution < 1.29 is 4.74 Å². The number of anilines is 2. The van der Waals surface area contributed by atoms with Gasteiger partial charge in [0.1, 0.15) is 6.10 Å². The van der Waals surface area contributed by atoms with E-state index in [2.05, 4.69) is 15.0 Å². The molecule has 0 amide bonds. The SMILES string of the molecule is CN(C)c1nc(N)nc(OC2CCCC2)n1. The van der Waals surface area contributed by atoms with Gasteiger partial charge >= 0.3 is 6.01 Å². The molecule has 0 aromatic carbocycles. The average molecular weight is 223 g/mol. The zero-order valence-electron chi connectivity index (χ0n) is 9.68. The van der Waals surface area contributed by atoms with Crippen LogP contribution >= 0.6 is 0 Å². The average Bonchev–Trinajstić information content (AvgIpc) is 2.69. The van der Waals surface area contributed by atoms with Gasteiger partial charge < -0.3 is 15.4 Å². The lowest BCUT2D eigenvalue weighted by molar-refractivity contribution is 0.192. The predicted molar refractivity (Wildman–Crippen MR) is 61.5 cm³/mol. The Morgan fingerprint density at radius 2 is 1.88 bits per heavy atom. The van der Waals surface area contributed by atoms with Crippen molar-refractivity contribution in [3.8, 4) is 6.01 Å². The first kappa shape index (κ1) is 10.9. The van der Waals surface area contributed by atoms with Crippen molar-refractivity contribution in [2.24, 2.45) is 0 Å². The zero-order chi connectivity index (χ0) is 11.5. The smallest absolute Gasteiger partial charge is 0.323 e. The van der Waals surface area contributed by atoms with Crippen LogP contribution in [0.1, 0.15) is 25.7 Å². The molecule has 2 N–H and O–H groups in total. The fourth-order valence-corrected chi connectivity index (χ4v) is 1.77. The van der Waals surface area contributed by atoms with E-state index in [1.165, 1.54) is 12.8 Å². The lowest BCUT2D eigenvalue weighted by Crippen LogP contribution is -2.18. The molecule has 2 rings (SSSR count). The number of nitrogen functional groups attached to an aromatic ring is 1. The Bertz CT molecular complexity index is 362. The van der Waals surface area contributed by atoms with Crippen LogP contribution in [-0.4, -0.2) is 35.2 Å². The van der Waals surface area contributed by atoms with Gasteiger partial charge in [-0.1, -0.05) is 0 Å². The van der Waals surface area contributed by atoms with Crippen molar-refractivity contribution in [1.29, 1.82) is 0 Å². The van der Waals surface area contributed by atoms with Gasteiger partial charge in [-0.25, -0.2) is 0 Å². The van der Waals surface area contributed by atoms with E-state index in [9.17, 15) is 0 Å². The van der Waals surface area contributed by atoms with Gasteiger partial charge in [-0.2, -0.15) is 15.0 Å². The van der Waals surface area contributed by atoms with Crippen molar-refractivity contribution in [3.05, 3.63) is 0 Å². The van der Waals surface area contributed by atoms with Crippen LogP contribution < -0.4 is 15.4 Å². The molecule has 0 aliphatic heterocycles. The molecule has 6 heteroatoms. The number of ether oxygens (including phenoxy) is 1. The van der Waals surface area contributed by atoms with Crippen LogP contribution in [0.3, 0.4) is 0 Å². The quantitative estimate of drug-likeness (QED) is 0.818. The molecule has 1 aliphatic carbocycles. The number of nitrogens with zero attached hydrogens (tertiary/aromatic N) is 4. The first-order chi connectivity index (χ1) is 7.65. The first-order valence-corrected chi connectivity index (χ1v) is 5.50. The Balaban J connectivity index is 2.13. The Morgan fingerprint density at radius 3 is 2.50 bits per heavy atom. The van der Waals surface area contributed by atoms with Crippen LogP contribution in [0.15, 0.2) is 0 Å². The molecule has 6 nitrogen and oxygen atoms in total. The second kappa shape index (κ2) is 4.51. The van der Waals surface area contributed by atoms with Gasteiger partial charge in [0.25, 0.3) is 0 Å². The molecule has 0 radical (unpaired) electrons. The summed E-state index contributed by atoms with van der Waals surface area (Å²) in [6.07, 6.45) is 4.81. The van der Waals surface area contributed by atoms with Gasteiger partial charge in [0.05, 0.1) is 0 Å². The van der Waals surface area contributed by atoms with Gasteiger partial charge in [0.15, 0.2) is 0 Å². The van der Waals surface area contributed by atoms with E-state index in [0.29, 0.717) is 12.0 Å². The summed E-state index contributed by atoms with van der Waals surface area (Å²) in [5.41, 5.74) is 5.60. The van der Waals surface area contributed by atoms with Crippen LogP contribution in [0, 0.1) is 0 Å². The molecule has 0 spiro atoms. The van der Waals surface area contributed by atoms with Gasteiger partial charge in [-0.15, -0.1) is 0 Å². The maximum atomic E-state index is 5.68. The lowest BCUT2D eigenvalue weighted by Gasteiger charge is -2.14. The molecule has 1 fully saturated rings. The number of aromatic nitrogens is 3. The summed E-state index contributed by atoms with van der Waals surface area (Å²) in [7, 11) is 3.71. The lowest BCUT2D eigenvalue weighted by atomic mass is 10.3. The Morgan fingerprint density at radius 1 is 1.19 bits per heavy atom.